The summed E-state index contributed by atoms with van der Waals surface area (Å²) in [5.74, 6) is 0.962. The van der Waals surface area contributed by atoms with Crippen molar-refractivity contribution in [2.75, 3.05) is 36.0 Å². The Morgan fingerprint density at radius 1 is 1.19 bits per heavy atom. The number of fused-ring (bicyclic) bond motifs is 2. The van der Waals surface area contributed by atoms with Gasteiger partial charge < -0.3 is 19.7 Å². The van der Waals surface area contributed by atoms with Crippen molar-refractivity contribution in [1.29, 1.82) is 0 Å². The van der Waals surface area contributed by atoms with Gasteiger partial charge in [-0.25, -0.2) is 4.98 Å². The molecule has 2 aliphatic heterocycles. The number of carbonyl (C=O) groups excluding carboxylic acids is 1. The maximum Gasteiger partial charge on any atom is 0.451 e. The van der Waals surface area contributed by atoms with E-state index >= 15 is 0 Å². The van der Waals surface area contributed by atoms with Crippen LogP contribution in [0.5, 0.6) is 0 Å². The Morgan fingerprint density at radius 2 is 2.00 bits per heavy atom. The van der Waals surface area contributed by atoms with Gasteiger partial charge in [0.2, 0.25) is 17.7 Å². The second-order valence-corrected chi connectivity index (χ2v) is 11.2. The molecule has 0 spiro atoms. The first-order chi connectivity index (χ1) is 17.6. The number of rotatable bonds is 7. The van der Waals surface area contributed by atoms with Gasteiger partial charge in [0.15, 0.2) is 5.82 Å². The average Bonchev–Trinajstić information content (AvgIpc) is 3.58. The molecule has 9 nitrogen and oxygen atoms in total. The molecule has 200 valence electrons. The van der Waals surface area contributed by atoms with Gasteiger partial charge in [-0.15, -0.1) is 21.5 Å². The fourth-order valence-corrected chi connectivity index (χ4v) is 5.99. The lowest BCUT2D eigenvalue weighted by atomic mass is 10.1. The number of halogens is 3. The van der Waals surface area contributed by atoms with E-state index in [4.69, 9.17) is 9.97 Å². The van der Waals surface area contributed by atoms with E-state index in [2.05, 4.69) is 33.4 Å². The highest BCUT2D eigenvalue weighted by Gasteiger charge is 2.40. The van der Waals surface area contributed by atoms with Crippen LogP contribution in [-0.4, -0.2) is 56.8 Å². The predicted molar refractivity (Wildman–Crippen MR) is 136 cm³/mol. The summed E-state index contributed by atoms with van der Waals surface area (Å²) in [5.41, 5.74) is 0. The van der Waals surface area contributed by atoms with E-state index in [9.17, 15) is 18.0 Å². The summed E-state index contributed by atoms with van der Waals surface area (Å²) in [5, 5.41) is 11.2. The number of aryl methyl sites for hydroxylation is 1. The number of carbonyl (C=O) groups is 1. The number of aromatic nitrogens is 5. The van der Waals surface area contributed by atoms with Crippen molar-refractivity contribution < 1.29 is 18.0 Å². The molecule has 5 heterocycles. The molecule has 0 bridgehead atoms. The van der Waals surface area contributed by atoms with Crippen LogP contribution in [0.4, 0.5) is 24.9 Å². The Bertz CT molecular complexity index is 1290. The van der Waals surface area contributed by atoms with Gasteiger partial charge in [-0.05, 0) is 24.8 Å². The number of anilines is 2. The number of hydrogen-bond acceptors (Lipinski definition) is 8. The van der Waals surface area contributed by atoms with Crippen LogP contribution in [-0.2, 0) is 30.5 Å². The van der Waals surface area contributed by atoms with Crippen LogP contribution in [0.1, 0.15) is 50.1 Å². The molecule has 0 aromatic carbocycles. The van der Waals surface area contributed by atoms with Gasteiger partial charge in [0.05, 0.1) is 11.9 Å². The van der Waals surface area contributed by atoms with Crippen LogP contribution in [0.15, 0.2) is 6.07 Å². The summed E-state index contributed by atoms with van der Waals surface area (Å²) in [6.07, 6.45) is -1.68. The van der Waals surface area contributed by atoms with E-state index in [0.29, 0.717) is 25.0 Å². The molecule has 5 rings (SSSR count). The molecular weight excluding hydrogens is 505 g/mol. The van der Waals surface area contributed by atoms with Crippen LogP contribution in [0.3, 0.4) is 0 Å². The maximum atomic E-state index is 13.3. The summed E-state index contributed by atoms with van der Waals surface area (Å²) >= 11 is 1.64. The first-order valence-electron chi connectivity index (χ1n) is 12.7. The molecule has 1 saturated heterocycles. The van der Waals surface area contributed by atoms with Gasteiger partial charge in [0, 0.05) is 43.5 Å². The summed E-state index contributed by atoms with van der Waals surface area (Å²) in [4.78, 5) is 28.0. The lowest BCUT2D eigenvalue weighted by Gasteiger charge is -2.30. The first kappa shape index (κ1) is 25.7. The lowest BCUT2D eigenvalue weighted by Crippen LogP contribution is -2.36. The Balaban J connectivity index is 1.42. The molecule has 2 aliphatic rings. The highest BCUT2D eigenvalue weighted by Crippen LogP contribution is 2.36. The molecule has 1 amide bonds. The quantitative estimate of drug-likeness (QED) is 0.490. The number of amides is 1. The molecule has 0 aliphatic carbocycles. The van der Waals surface area contributed by atoms with Crippen LogP contribution < -0.4 is 15.1 Å². The van der Waals surface area contributed by atoms with Crippen molar-refractivity contribution in [2.24, 2.45) is 11.8 Å². The molecule has 0 saturated carbocycles. The molecule has 1 atom stereocenters. The second kappa shape index (κ2) is 10.1. The van der Waals surface area contributed by atoms with Gasteiger partial charge in [-0.2, -0.15) is 18.2 Å². The predicted octanol–water partition coefficient (Wildman–Crippen LogP) is 3.87. The summed E-state index contributed by atoms with van der Waals surface area (Å²) in [7, 11) is 0. The summed E-state index contributed by atoms with van der Waals surface area (Å²) in [6, 6.07) is 2.11. The van der Waals surface area contributed by atoms with E-state index in [1.54, 1.807) is 11.3 Å². The van der Waals surface area contributed by atoms with E-state index in [1.807, 2.05) is 18.7 Å². The molecule has 0 unspecified atom stereocenters. The van der Waals surface area contributed by atoms with Gasteiger partial charge >= 0.3 is 6.18 Å². The average molecular weight is 537 g/mol. The van der Waals surface area contributed by atoms with Gasteiger partial charge in [-0.1, -0.05) is 27.2 Å². The van der Waals surface area contributed by atoms with Crippen molar-refractivity contribution in [3.8, 4) is 0 Å². The summed E-state index contributed by atoms with van der Waals surface area (Å²) < 4.78 is 41.1. The Hall–Kier alpha value is -2.96. The highest BCUT2D eigenvalue weighted by atomic mass is 32.1. The molecule has 1 N–H and O–H groups in total. The SMILES string of the molecule is CCCc1cc2c(N3CCn4c(nnc4C(F)(F)F)C3)nc(N3CC[C@H](CNC(=O)C(C)C)C3)nc2s1. The molecule has 37 heavy (non-hydrogen) atoms. The molecular formula is C24H31F3N8OS. The van der Waals surface area contributed by atoms with Gasteiger partial charge in [0.25, 0.3) is 0 Å². The standard InChI is InChI=1S/C24H31F3N8OS/c1-4-5-16-10-17-19(33-8-9-35-18(13-33)31-32-22(35)24(25,26)27)29-23(30-21(17)37-16)34-7-6-15(12-34)11-28-20(36)14(2)3/h10,14-15H,4-9,11-13H2,1-3H3,(H,28,36)/t15-/m1/s1. The second-order valence-electron chi connectivity index (χ2n) is 10.0. The number of nitrogens with zero attached hydrogens (tertiary/aromatic N) is 7. The van der Waals surface area contributed by atoms with Crippen molar-refractivity contribution in [1.82, 2.24) is 30.0 Å². The molecule has 0 radical (unpaired) electrons. The minimum atomic E-state index is -4.54. The lowest BCUT2D eigenvalue weighted by molar-refractivity contribution is -0.147. The first-order valence-corrected chi connectivity index (χ1v) is 13.5. The Labute approximate surface area is 217 Å². The monoisotopic (exact) mass is 536 g/mol. The third kappa shape index (κ3) is 5.23. The Morgan fingerprint density at radius 3 is 2.73 bits per heavy atom. The van der Waals surface area contributed by atoms with Crippen molar-refractivity contribution in [2.45, 2.75) is 59.3 Å². The minimum absolute atomic E-state index is 0.0482. The fourth-order valence-electron chi connectivity index (χ4n) is 4.88. The van der Waals surface area contributed by atoms with Crippen LogP contribution in [0.25, 0.3) is 10.2 Å². The number of hydrogen-bond donors (Lipinski definition) is 1. The van der Waals surface area contributed by atoms with Crippen LogP contribution >= 0.6 is 11.3 Å². The van der Waals surface area contributed by atoms with E-state index in [1.165, 1.54) is 4.88 Å². The summed E-state index contributed by atoms with van der Waals surface area (Å²) in [6.45, 7) is 8.70. The molecule has 13 heteroatoms. The molecule has 1 fully saturated rings. The number of alkyl halides is 3. The van der Waals surface area contributed by atoms with Crippen molar-refractivity contribution >= 4 is 39.2 Å². The van der Waals surface area contributed by atoms with Gasteiger partial charge in [0.1, 0.15) is 10.6 Å². The maximum absolute atomic E-state index is 13.3. The van der Waals surface area contributed by atoms with Crippen LogP contribution in [0.2, 0.25) is 0 Å². The van der Waals surface area contributed by atoms with Gasteiger partial charge in [-0.3, -0.25) is 4.79 Å². The van der Waals surface area contributed by atoms with Crippen molar-refractivity contribution in [3.63, 3.8) is 0 Å². The Kier molecular flexibility index (Phi) is 6.99. The molecule has 3 aromatic rings. The molecule has 3 aromatic heterocycles. The van der Waals surface area contributed by atoms with E-state index in [0.717, 1.165) is 53.0 Å². The largest absolute Gasteiger partial charge is 0.451 e. The van der Waals surface area contributed by atoms with Crippen molar-refractivity contribution in [3.05, 3.63) is 22.6 Å². The number of nitrogens with one attached hydrogen (secondary N) is 1. The zero-order valence-corrected chi connectivity index (χ0v) is 22.0. The third-order valence-corrected chi connectivity index (χ3v) is 7.96. The number of thiophene rings is 1. The zero-order chi connectivity index (χ0) is 26.3. The third-order valence-electron chi connectivity index (χ3n) is 6.87. The van der Waals surface area contributed by atoms with E-state index < -0.39 is 12.0 Å². The smallest absolute Gasteiger partial charge is 0.356 e. The fraction of sp³-hybridized carbons (Fsp3) is 0.625. The van der Waals surface area contributed by atoms with E-state index in [-0.39, 0.29) is 30.7 Å². The topological polar surface area (TPSA) is 92.1 Å². The highest BCUT2D eigenvalue weighted by molar-refractivity contribution is 7.18. The zero-order valence-electron chi connectivity index (χ0n) is 21.2. The van der Waals surface area contributed by atoms with Crippen LogP contribution in [0, 0.1) is 11.8 Å². The minimum Gasteiger partial charge on any atom is -0.356 e. The normalized spacial score (nSPS) is 18.2.